The summed E-state index contributed by atoms with van der Waals surface area (Å²) in [5.74, 6) is 1.04. The van der Waals surface area contributed by atoms with Gasteiger partial charge < -0.3 is 25.3 Å². The van der Waals surface area contributed by atoms with Gasteiger partial charge in [-0.3, -0.25) is 14.5 Å². The molecule has 192 valence electrons. The molecular formula is C25H33F2N3O5. The van der Waals surface area contributed by atoms with Crippen molar-refractivity contribution in [1.29, 1.82) is 0 Å². The minimum absolute atomic E-state index is 0.0146. The van der Waals surface area contributed by atoms with E-state index in [2.05, 4.69) is 15.0 Å². The molecule has 1 saturated heterocycles. The number of amides is 2. The number of carbonyl (C=O) groups is 2. The molecule has 1 aliphatic heterocycles. The van der Waals surface area contributed by atoms with Crippen molar-refractivity contribution in [1.82, 2.24) is 10.2 Å². The molecule has 3 N–H and O–H groups in total. The Hall–Kier alpha value is -2.46. The first-order chi connectivity index (χ1) is 16.8. The average molecular weight is 494 g/mol. The number of carbonyl (C=O) groups excluding carboxylic acids is 2. The standard InChI is InChI=1S/C25H33F2N3O5/c1-33-19-8-14(2-3-18(19)35-24(26)27)12-30-4-5-34-20(13-30)22(31)29-21-16-6-15-7-17(21)11-25(9-15,10-16)23(28)32/h2-3,8,15-17,20-21,24H,4-7,9-13H2,1H3,(H2,28,32)(H,29,31)/t15?,16?,17?,20-,21?,25?/m1/s1. The van der Waals surface area contributed by atoms with Crippen LogP contribution in [-0.4, -0.2) is 62.3 Å². The molecule has 0 aromatic heterocycles. The minimum Gasteiger partial charge on any atom is -0.493 e. The second-order valence-electron chi connectivity index (χ2n) is 10.6. The van der Waals surface area contributed by atoms with Crippen LogP contribution in [0, 0.1) is 23.2 Å². The van der Waals surface area contributed by atoms with Gasteiger partial charge in [0.25, 0.3) is 5.91 Å². The molecule has 1 aromatic carbocycles. The van der Waals surface area contributed by atoms with E-state index in [9.17, 15) is 18.4 Å². The lowest BCUT2D eigenvalue weighted by molar-refractivity contribution is -0.151. The summed E-state index contributed by atoms with van der Waals surface area (Å²) in [6.45, 7) is -0.899. The number of alkyl halides is 2. The van der Waals surface area contributed by atoms with E-state index in [1.165, 1.54) is 13.2 Å². The topological polar surface area (TPSA) is 103 Å². The Kier molecular flexibility index (Phi) is 6.61. The van der Waals surface area contributed by atoms with Crippen molar-refractivity contribution in [2.45, 2.75) is 57.4 Å². The zero-order valence-electron chi connectivity index (χ0n) is 19.9. The fourth-order valence-corrected chi connectivity index (χ4v) is 7.09. The highest BCUT2D eigenvalue weighted by molar-refractivity contribution is 5.83. The summed E-state index contributed by atoms with van der Waals surface area (Å²) in [6, 6.07) is 4.92. The molecule has 2 unspecified atom stereocenters. The van der Waals surface area contributed by atoms with Crippen molar-refractivity contribution in [3.8, 4) is 11.5 Å². The number of rotatable bonds is 8. The molecule has 4 aliphatic carbocycles. The zero-order chi connectivity index (χ0) is 24.7. The van der Waals surface area contributed by atoms with Crippen LogP contribution in [0.5, 0.6) is 11.5 Å². The van der Waals surface area contributed by atoms with Gasteiger partial charge in [0.1, 0.15) is 6.10 Å². The average Bonchev–Trinajstić information content (AvgIpc) is 2.81. The van der Waals surface area contributed by atoms with Gasteiger partial charge >= 0.3 is 6.61 Å². The maximum atomic E-state index is 13.2. The molecule has 6 rings (SSSR count). The van der Waals surface area contributed by atoms with E-state index in [1.54, 1.807) is 12.1 Å². The van der Waals surface area contributed by atoms with Crippen molar-refractivity contribution in [3.63, 3.8) is 0 Å². The van der Waals surface area contributed by atoms with Gasteiger partial charge in [0.15, 0.2) is 11.5 Å². The Morgan fingerprint density at radius 2 is 1.97 bits per heavy atom. The van der Waals surface area contributed by atoms with Gasteiger partial charge in [0.2, 0.25) is 5.91 Å². The van der Waals surface area contributed by atoms with Crippen LogP contribution in [0.4, 0.5) is 8.78 Å². The number of halogens is 2. The van der Waals surface area contributed by atoms with E-state index in [-0.39, 0.29) is 34.8 Å². The molecule has 2 amide bonds. The molecule has 0 spiro atoms. The number of ether oxygens (including phenoxy) is 3. The molecule has 3 atom stereocenters. The molecule has 35 heavy (non-hydrogen) atoms. The van der Waals surface area contributed by atoms with Crippen molar-refractivity contribution in [2.24, 2.45) is 28.9 Å². The lowest BCUT2D eigenvalue weighted by atomic mass is 9.47. The number of benzene rings is 1. The van der Waals surface area contributed by atoms with Crippen molar-refractivity contribution >= 4 is 11.8 Å². The van der Waals surface area contributed by atoms with Crippen LogP contribution in [0.15, 0.2) is 18.2 Å². The van der Waals surface area contributed by atoms with Crippen LogP contribution >= 0.6 is 0 Å². The Morgan fingerprint density at radius 3 is 2.63 bits per heavy atom. The van der Waals surface area contributed by atoms with Crippen molar-refractivity contribution in [3.05, 3.63) is 23.8 Å². The first-order valence-corrected chi connectivity index (χ1v) is 12.3. The number of morpholine rings is 1. The Labute approximate surface area is 203 Å². The van der Waals surface area contributed by atoms with Crippen LogP contribution in [-0.2, 0) is 20.9 Å². The fourth-order valence-electron chi connectivity index (χ4n) is 7.09. The second-order valence-corrected chi connectivity index (χ2v) is 10.6. The predicted octanol–water partition coefficient (Wildman–Crippen LogP) is 2.29. The third kappa shape index (κ3) is 4.82. The number of hydrogen-bond donors (Lipinski definition) is 2. The molecule has 4 bridgehead atoms. The highest BCUT2D eigenvalue weighted by Crippen LogP contribution is 2.59. The summed E-state index contributed by atoms with van der Waals surface area (Å²) in [5.41, 5.74) is 6.26. The van der Waals surface area contributed by atoms with Gasteiger partial charge in [-0.05, 0) is 67.6 Å². The number of hydrogen-bond acceptors (Lipinski definition) is 6. The highest BCUT2D eigenvalue weighted by atomic mass is 19.3. The predicted molar refractivity (Wildman–Crippen MR) is 122 cm³/mol. The lowest BCUT2D eigenvalue weighted by Crippen LogP contribution is -2.63. The first kappa shape index (κ1) is 24.2. The van der Waals surface area contributed by atoms with E-state index < -0.39 is 12.7 Å². The van der Waals surface area contributed by atoms with Crippen molar-refractivity contribution < 1.29 is 32.6 Å². The van der Waals surface area contributed by atoms with Gasteiger partial charge in [-0.15, -0.1) is 0 Å². The summed E-state index contributed by atoms with van der Waals surface area (Å²) in [6.07, 6.45) is 3.93. The molecule has 10 heteroatoms. The first-order valence-electron chi connectivity index (χ1n) is 12.3. The fraction of sp³-hybridized carbons (Fsp3) is 0.680. The molecule has 1 heterocycles. The molecule has 1 aromatic rings. The van der Waals surface area contributed by atoms with Gasteiger partial charge in [-0.1, -0.05) is 6.07 Å². The summed E-state index contributed by atoms with van der Waals surface area (Å²) in [5, 5.41) is 3.27. The third-order valence-electron chi connectivity index (χ3n) is 8.40. The van der Waals surface area contributed by atoms with E-state index in [1.807, 2.05) is 0 Å². The van der Waals surface area contributed by atoms with Crippen LogP contribution in [0.1, 0.15) is 37.7 Å². The SMILES string of the molecule is COc1cc(CN2CCO[C@@H](C(=O)NC3C4CC5CC3CC(C(N)=O)(C5)C4)C2)ccc1OC(F)F. The smallest absolute Gasteiger partial charge is 0.387 e. The lowest BCUT2D eigenvalue weighted by Gasteiger charge is -2.59. The number of primary amides is 1. The van der Waals surface area contributed by atoms with Crippen LogP contribution in [0.25, 0.3) is 0 Å². The zero-order valence-corrected chi connectivity index (χ0v) is 19.9. The number of nitrogens with zero attached hydrogens (tertiary/aromatic N) is 1. The van der Waals surface area contributed by atoms with E-state index in [0.717, 1.165) is 37.7 Å². The van der Waals surface area contributed by atoms with Crippen molar-refractivity contribution in [2.75, 3.05) is 26.8 Å². The highest BCUT2D eigenvalue weighted by Gasteiger charge is 2.58. The molecule has 5 aliphatic rings. The molecule has 4 saturated carbocycles. The van der Waals surface area contributed by atoms with Gasteiger partial charge in [0, 0.05) is 31.1 Å². The van der Waals surface area contributed by atoms with Crippen LogP contribution in [0.3, 0.4) is 0 Å². The normalized spacial score (nSPS) is 34.1. The van der Waals surface area contributed by atoms with Gasteiger partial charge in [0.05, 0.1) is 13.7 Å². The van der Waals surface area contributed by atoms with Gasteiger partial charge in [-0.25, -0.2) is 0 Å². The third-order valence-corrected chi connectivity index (χ3v) is 8.40. The summed E-state index contributed by atoms with van der Waals surface area (Å²) in [7, 11) is 1.40. The Morgan fingerprint density at radius 1 is 1.23 bits per heavy atom. The summed E-state index contributed by atoms with van der Waals surface area (Å²) >= 11 is 0. The number of nitrogens with two attached hydrogens (primary N) is 1. The maximum absolute atomic E-state index is 13.2. The van der Waals surface area contributed by atoms with Crippen LogP contribution < -0.4 is 20.5 Å². The van der Waals surface area contributed by atoms with Crippen LogP contribution in [0.2, 0.25) is 0 Å². The van der Waals surface area contributed by atoms with E-state index in [0.29, 0.717) is 44.0 Å². The summed E-state index contributed by atoms with van der Waals surface area (Å²) in [4.78, 5) is 27.5. The summed E-state index contributed by atoms with van der Waals surface area (Å²) < 4.78 is 40.7. The Balaban J connectivity index is 1.19. The van der Waals surface area contributed by atoms with Gasteiger partial charge in [-0.2, -0.15) is 8.78 Å². The number of methoxy groups -OCH3 is 1. The monoisotopic (exact) mass is 493 g/mol. The number of nitrogens with one attached hydrogen (secondary N) is 1. The molecule has 8 nitrogen and oxygen atoms in total. The van der Waals surface area contributed by atoms with E-state index in [4.69, 9.17) is 15.2 Å². The Bertz CT molecular complexity index is 960. The maximum Gasteiger partial charge on any atom is 0.387 e. The second kappa shape index (κ2) is 9.54. The molecular weight excluding hydrogens is 460 g/mol. The minimum atomic E-state index is -2.93. The largest absolute Gasteiger partial charge is 0.493 e. The quantitative estimate of drug-likeness (QED) is 0.576. The van der Waals surface area contributed by atoms with E-state index >= 15 is 0 Å². The molecule has 0 radical (unpaired) electrons. The molecule has 5 fully saturated rings.